The molecular weight excluding hydrogens is 323 g/mol. The topological polar surface area (TPSA) is 43.6 Å². The summed E-state index contributed by atoms with van der Waals surface area (Å²) in [7, 11) is 0. The molecule has 1 aromatic carbocycles. The van der Waals surface area contributed by atoms with Crippen molar-refractivity contribution >= 4 is 11.8 Å². The molecule has 2 aromatic heterocycles. The molecule has 122 valence electrons. The lowest BCUT2D eigenvalue weighted by molar-refractivity contribution is 0.610. The monoisotopic (exact) mass is 340 g/mol. The van der Waals surface area contributed by atoms with Gasteiger partial charge in [0.2, 0.25) is 0 Å². The summed E-state index contributed by atoms with van der Waals surface area (Å²) in [6, 6.07) is 10.6. The third-order valence-electron chi connectivity index (χ3n) is 3.59. The third kappa shape index (κ3) is 3.38. The lowest BCUT2D eigenvalue weighted by Crippen LogP contribution is -2.02. The number of hydrogen-bond acceptors (Lipinski definition) is 4. The summed E-state index contributed by atoms with van der Waals surface area (Å²) in [4.78, 5) is 4.03. The number of hydrogen-bond donors (Lipinski definition) is 0. The molecule has 0 aliphatic heterocycles. The van der Waals surface area contributed by atoms with Gasteiger partial charge in [0.25, 0.3) is 0 Å². The van der Waals surface area contributed by atoms with Gasteiger partial charge in [0.1, 0.15) is 5.82 Å². The molecule has 24 heavy (non-hydrogen) atoms. The molecule has 0 bridgehead atoms. The van der Waals surface area contributed by atoms with E-state index in [1.165, 1.54) is 17.8 Å². The number of thioether (sulfide) groups is 1. The largest absolute Gasteiger partial charge is 0.298 e. The molecular formula is C18H17FN4S. The maximum Gasteiger partial charge on any atom is 0.192 e. The standard InChI is InChI=1S/C18H17FN4S/c1-3-12-23-17(14-8-10-20-11-9-14)21-22-18(23)24-13(2)15-6-4-5-7-16(15)19/h3-11,13H,1,12H2,2H3. The number of benzene rings is 1. The highest BCUT2D eigenvalue weighted by molar-refractivity contribution is 7.99. The van der Waals surface area contributed by atoms with Crippen molar-refractivity contribution in [1.82, 2.24) is 19.7 Å². The molecule has 0 spiro atoms. The van der Waals surface area contributed by atoms with Crippen molar-refractivity contribution in [1.29, 1.82) is 0 Å². The number of pyridine rings is 1. The van der Waals surface area contributed by atoms with E-state index in [1.54, 1.807) is 30.6 Å². The lowest BCUT2D eigenvalue weighted by atomic mass is 10.1. The van der Waals surface area contributed by atoms with Gasteiger partial charge in [-0.3, -0.25) is 9.55 Å². The fourth-order valence-electron chi connectivity index (χ4n) is 2.41. The van der Waals surface area contributed by atoms with Crippen LogP contribution < -0.4 is 0 Å². The van der Waals surface area contributed by atoms with Gasteiger partial charge >= 0.3 is 0 Å². The van der Waals surface area contributed by atoms with E-state index in [0.29, 0.717) is 12.1 Å². The summed E-state index contributed by atoms with van der Waals surface area (Å²) in [5.74, 6) is 0.544. The molecule has 0 aliphatic carbocycles. The molecule has 2 heterocycles. The van der Waals surface area contributed by atoms with E-state index in [-0.39, 0.29) is 11.1 Å². The van der Waals surface area contributed by atoms with Crippen molar-refractivity contribution in [3.63, 3.8) is 0 Å². The van der Waals surface area contributed by atoms with Crippen molar-refractivity contribution in [3.05, 3.63) is 72.8 Å². The average Bonchev–Trinajstić information content (AvgIpc) is 2.99. The maximum absolute atomic E-state index is 14.0. The van der Waals surface area contributed by atoms with Crippen LogP contribution >= 0.6 is 11.8 Å². The third-order valence-corrected chi connectivity index (χ3v) is 4.71. The fraction of sp³-hybridized carbons (Fsp3) is 0.167. The second-order valence-electron chi connectivity index (χ2n) is 5.22. The second kappa shape index (κ2) is 7.40. The van der Waals surface area contributed by atoms with Gasteiger partial charge in [0.15, 0.2) is 11.0 Å². The molecule has 0 radical (unpaired) electrons. The van der Waals surface area contributed by atoms with E-state index in [2.05, 4.69) is 21.8 Å². The predicted octanol–water partition coefficient (Wildman–Crippen LogP) is 4.52. The Kier molecular flexibility index (Phi) is 5.05. The predicted molar refractivity (Wildman–Crippen MR) is 94.1 cm³/mol. The van der Waals surface area contributed by atoms with Crippen molar-refractivity contribution in [2.45, 2.75) is 23.9 Å². The Morgan fingerprint density at radius 1 is 1.21 bits per heavy atom. The number of halogens is 1. The fourth-order valence-corrected chi connectivity index (χ4v) is 3.42. The molecule has 1 atom stereocenters. The smallest absolute Gasteiger partial charge is 0.192 e. The average molecular weight is 340 g/mol. The number of nitrogens with zero attached hydrogens (tertiary/aromatic N) is 4. The molecule has 1 unspecified atom stereocenters. The summed E-state index contributed by atoms with van der Waals surface area (Å²) in [5, 5.41) is 9.24. The van der Waals surface area contributed by atoms with Gasteiger partial charge in [-0.1, -0.05) is 36.0 Å². The molecule has 0 amide bonds. The molecule has 4 nitrogen and oxygen atoms in total. The van der Waals surface area contributed by atoms with Gasteiger partial charge in [-0.25, -0.2) is 4.39 Å². The molecule has 3 aromatic rings. The number of allylic oxidation sites excluding steroid dienone is 1. The minimum atomic E-state index is -0.207. The normalized spacial score (nSPS) is 12.1. The molecule has 6 heteroatoms. The van der Waals surface area contributed by atoms with E-state index in [0.717, 1.165) is 16.5 Å². The van der Waals surface area contributed by atoms with Gasteiger partial charge in [-0.05, 0) is 25.1 Å². The van der Waals surface area contributed by atoms with Crippen LogP contribution in [0.2, 0.25) is 0 Å². The molecule has 3 rings (SSSR count). The van der Waals surface area contributed by atoms with E-state index in [4.69, 9.17) is 0 Å². The Morgan fingerprint density at radius 3 is 2.67 bits per heavy atom. The van der Waals surface area contributed by atoms with Crippen molar-refractivity contribution in [2.75, 3.05) is 0 Å². The summed E-state index contributed by atoms with van der Waals surface area (Å²) >= 11 is 1.48. The first-order chi connectivity index (χ1) is 11.7. The zero-order chi connectivity index (χ0) is 16.9. The molecule has 0 fully saturated rings. The van der Waals surface area contributed by atoms with Gasteiger partial charge in [-0.15, -0.1) is 16.8 Å². The summed E-state index contributed by atoms with van der Waals surface area (Å²) < 4.78 is 16.0. The first kappa shape index (κ1) is 16.4. The van der Waals surface area contributed by atoms with Gasteiger partial charge in [0, 0.05) is 35.3 Å². The van der Waals surface area contributed by atoms with Crippen LogP contribution in [0, 0.1) is 5.82 Å². The Morgan fingerprint density at radius 2 is 1.96 bits per heavy atom. The Balaban J connectivity index is 1.92. The van der Waals surface area contributed by atoms with E-state index in [9.17, 15) is 4.39 Å². The summed E-state index contributed by atoms with van der Waals surface area (Å²) in [6.07, 6.45) is 5.24. The molecule has 0 saturated carbocycles. The van der Waals surface area contributed by atoms with E-state index in [1.807, 2.05) is 29.7 Å². The minimum Gasteiger partial charge on any atom is -0.298 e. The SMILES string of the molecule is C=CCn1c(SC(C)c2ccccc2F)nnc1-c1ccncc1. The van der Waals surface area contributed by atoms with Crippen LogP contribution in [0.5, 0.6) is 0 Å². The van der Waals surface area contributed by atoms with Crippen molar-refractivity contribution in [2.24, 2.45) is 0 Å². The quantitative estimate of drug-likeness (QED) is 0.489. The highest BCUT2D eigenvalue weighted by Crippen LogP contribution is 2.36. The Bertz CT molecular complexity index is 832. The number of rotatable bonds is 6. The van der Waals surface area contributed by atoms with Crippen molar-refractivity contribution < 1.29 is 4.39 Å². The van der Waals surface area contributed by atoms with Crippen LogP contribution in [0.4, 0.5) is 4.39 Å². The maximum atomic E-state index is 14.0. The first-order valence-electron chi connectivity index (χ1n) is 7.56. The van der Waals surface area contributed by atoms with Crippen LogP contribution in [0.1, 0.15) is 17.7 Å². The lowest BCUT2D eigenvalue weighted by Gasteiger charge is -2.13. The Labute approximate surface area is 144 Å². The minimum absolute atomic E-state index is 0.0794. The molecule has 0 aliphatic rings. The van der Waals surface area contributed by atoms with Crippen LogP contribution in [0.25, 0.3) is 11.4 Å². The van der Waals surface area contributed by atoms with E-state index < -0.39 is 0 Å². The van der Waals surface area contributed by atoms with Gasteiger partial charge < -0.3 is 0 Å². The second-order valence-corrected chi connectivity index (χ2v) is 6.53. The summed E-state index contributed by atoms with van der Waals surface area (Å²) in [5.41, 5.74) is 1.59. The van der Waals surface area contributed by atoms with Gasteiger partial charge in [0.05, 0.1) is 0 Å². The zero-order valence-corrected chi connectivity index (χ0v) is 14.1. The van der Waals surface area contributed by atoms with E-state index >= 15 is 0 Å². The zero-order valence-electron chi connectivity index (χ0n) is 13.3. The van der Waals surface area contributed by atoms with Crippen LogP contribution in [0.3, 0.4) is 0 Å². The Hall–Kier alpha value is -2.47. The highest BCUT2D eigenvalue weighted by atomic mass is 32.2. The van der Waals surface area contributed by atoms with Crippen molar-refractivity contribution in [3.8, 4) is 11.4 Å². The van der Waals surface area contributed by atoms with Crippen LogP contribution in [-0.2, 0) is 6.54 Å². The van der Waals surface area contributed by atoms with Crippen LogP contribution in [-0.4, -0.2) is 19.7 Å². The highest BCUT2D eigenvalue weighted by Gasteiger charge is 2.18. The van der Waals surface area contributed by atoms with Crippen LogP contribution in [0.15, 0.2) is 66.6 Å². The first-order valence-corrected chi connectivity index (χ1v) is 8.44. The molecule has 0 saturated heterocycles. The van der Waals surface area contributed by atoms with Gasteiger partial charge in [-0.2, -0.15) is 0 Å². The summed E-state index contributed by atoms with van der Waals surface area (Å²) in [6.45, 7) is 6.35. The molecule has 0 N–H and O–H groups in total. The number of aromatic nitrogens is 4.